The molecule has 0 aliphatic carbocycles. The molecular weight excluding hydrogens is 298 g/mol. The van der Waals surface area contributed by atoms with Crippen LogP contribution in [-0.2, 0) is 16.0 Å². The lowest BCUT2D eigenvalue weighted by molar-refractivity contribution is -0.121. The van der Waals surface area contributed by atoms with Crippen molar-refractivity contribution in [3.8, 4) is 5.75 Å². The molecule has 1 heterocycles. The van der Waals surface area contributed by atoms with Crippen LogP contribution in [0.4, 0.5) is 4.79 Å². The van der Waals surface area contributed by atoms with Gasteiger partial charge in [-0.05, 0) is 24.1 Å². The van der Waals surface area contributed by atoms with Crippen LogP contribution in [-0.4, -0.2) is 61.3 Å². The van der Waals surface area contributed by atoms with E-state index < -0.39 is 0 Å². The lowest BCUT2D eigenvalue weighted by Gasteiger charge is -2.26. The van der Waals surface area contributed by atoms with Crippen LogP contribution in [0.25, 0.3) is 0 Å². The van der Waals surface area contributed by atoms with E-state index in [0.29, 0.717) is 52.2 Å². The molecule has 2 rings (SSSR count). The highest BCUT2D eigenvalue weighted by Crippen LogP contribution is 2.10. The lowest BCUT2D eigenvalue weighted by Crippen LogP contribution is -2.47. The fourth-order valence-corrected chi connectivity index (χ4v) is 2.26. The van der Waals surface area contributed by atoms with E-state index >= 15 is 0 Å². The summed E-state index contributed by atoms with van der Waals surface area (Å²) in [5.74, 6) is 0.160. The fraction of sp³-hybridized carbons (Fsp3) is 0.500. The first-order chi connectivity index (χ1) is 11.1. The number of amides is 3. The SMILES string of the molecule is O=C(CCc1ccc(O)cc1)NCCNC(=O)N1CCOCC1. The third kappa shape index (κ3) is 6.15. The van der Waals surface area contributed by atoms with Gasteiger partial charge < -0.3 is 25.4 Å². The summed E-state index contributed by atoms with van der Waals surface area (Å²) in [7, 11) is 0. The number of carbonyl (C=O) groups excluding carboxylic acids is 2. The van der Waals surface area contributed by atoms with Crippen molar-refractivity contribution in [2.75, 3.05) is 39.4 Å². The molecule has 7 heteroatoms. The maximum Gasteiger partial charge on any atom is 0.317 e. The van der Waals surface area contributed by atoms with Crippen LogP contribution in [0, 0.1) is 0 Å². The quantitative estimate of drug-likeness (QED) is 0.665. The van der Waals surface area contributed by atoms with Crippen molar-refractivity contribution in [1.29, 1.82) is 0 Å². The molecule has 1 aliphatic heterocycles. The van der Waals surface area contributed by atoms with Crippen LogP contribution in [0.3, 0.4) is 0 Å². The number of phenolic OH excluding ortho intramolecular Hbond substituents is 1. The number of rotatable bonds is 6. The number of urea groups is 1. The van der Waals surface area contributed by atoms with Gasteiger partial charge in [0.1, 0.15) is 5.75 Å². The minimum absolute atomic E-state index is 0.0568. The Hall–Kier alpha value is -2.28. The van der Waals surface area contributed by atoms with Gasteiger partial charge >= 0.3 is 6.03 Å². The number of hydrogen-bond donors (Lipinski definition) is 3. The summed E-state index contributed by atoms with van der Waals surface area (Å²) >= 11 is 0. The molecule has 23 heavy (non-hydrogen) atoms. The summed E-state index contributed by atoms with van der Waals surface area (Å²) in [5.41, 5.74) is 0.999. The minimum atomic E-state index is -0.119. The molecule has 1 aromatic rings. The summed E-state index contributed by atoms with van der Waals surface area (Å²) in [4.78, 5) is 25.2. The molecule has 3 N–H and O–H groups in total. The second kappa shape index (κ2) is 8.99. The van der Waals surface area contributed by atoms with Crippen LogP contribution >= 0.6 is 0 Å². The van der Waals surface area contributed by atoms with E-state index in [9.17, 15) is 14.7 Å². The van der Waals surface area contributed by atoms with Crippen LogP contribution in [0.5, 0.6) is 5.75 Å². The Morgan fingerprint density at radius 2 is 1.74 bits per heavy atom. The van der Waals surface area contributed by atoms with Gasteiger partial charge in [0, 0.05) is 32.6 Å². The number of ether oxygens (including phenoxy) is 1. The summed E-state index contributed by atoms with van der Waals surface area (Å²) in [6.07, 6.45) is 0.994. The third-order valence-electron chi connectivity index (χ3n) is 3.60. The zero-order chi connectivity index (χ0) is 16.5. The molecule has 1 saturated heterocycles. The molecule has 126 valence electrons. The summed E-state index contributed by atoms with van der Waals surface area (Å²) in [6.45, 7) is 3.16. The molecule has 1 aromatic carbocycles. The number of benzene rings is 1. The van der Waals surface area contributed by atoms with E-state index in [1.54, 1.807) is 29.2 Å². The molecule has 0 radical (unpaired) electrons. The molecule has 0 aromatic heterocycles. The number of carbonyl (C=O) groups is 2. The first-order valence-corrected chi connectivity index (χ1v) is 7.80. The Labute approximate surface area is 135 Å². The second-order valence-corrected chi connectivity index (χ2v) is 5.35. The fourth-order valence-electron chi connectivity index (χ4n) is 2.26. The van der Waals surface area contributed by atoms with Gasteiger partial charge in [0.15, 0.2) is 0 Å². The molecule has 0 saturated carbocycles. The first-order valence-electron chi connectivity index (χ1n) is 7.80. The number of phenols is 1. The van der Waals surface area contributed by atoms with Gasteiger partial charge in [-0.1, -0.05) is 12.1 Å². The second-order valence-electron chi connectivity index (χ2n) is 5.35. The maximum absolute atomic E-state index is 11.8. The Bertz CT molecular complexity index is 513. The Kier molecular flexibility index (Phi) is 6.68. The van der Waals surface area contributed by atoms with Crippen LogP contribution < -0.4 is 10.6 Å². The monoisotopic (exact) mass is 321 g/mol. The molecule has 0 bridgehead atoms. The minimum Gasteiger partial charge on any atom is -0.508 e. The Morgan fingerprint density at radius 3 is 2.43 bits per heavy atom. The molecular formula is C16H23N3O4. The first kappa shape index (κ1) is 17.1. The van der Waals surface area contributed by atoms with E-state index in [4.69, 9.17) is 4.74 Å². The molecule has 7 nitrogen and oxygen atoms in total. The van der Waals surface area contributed by atoms with Crippen LogP contribution in [0.15, 0.2) is 24.3 Å². The van der Waals surface area contributed by atoms with Crippen molar-refractivity contribution in [2.45, 2.75) is 12.8 Å². The maximum atomic E-state index is 11.8. The van der Waals surface area contributed by atoms with E-state index in [-0.39, 0.29) is 17.7 Å². The zero-order valence-corrected chi connectivity index (χ0v) is 13.1. The lowest BCUT2D eigenvalue weighted by atomic mass is 10.1. The van der Waals surface area contributed by atoms with E-state index in [1.165, 1.54) is 0 Å². The van der Waals surface area contributed by atoms with Crippen molar-refractivity contribution >= 4 is 11.9 Å². The number of aryl methyl sites for hydroxylation is 1. The van der Waals surface area contributed by atoms with Crippen molar-refractivity contribution < 1.29 is 19.4 Å². The third-order valence-corrected chi connectivity index (χ3v) is 3.60. The molecule has 0 unspecified atom stereocenters. The molecule has 3 amide bonds. The van der Waals surface area contributed by atoms with Gasteiger partial charge in [0.05, 0.1) is 13.2 Å². The normalized spacial score (nSPS) is 14.3. The molecule has 1 fully saturated rings. The standard InChI is InChI=1S/C16H23N3O4/c20-14-4-1-13(2-5-14)3-6-15(21)17-7-8-18-16(22)19-9-11-23-12-10-19/h1-2,4-5,20H,3,6-12H2,(H,17,21)(H,18,22). The summed E-state index contributed by atoms with van der Waals surface area (Å²) < 4.78 is 5.18. The smallest absolute Gasteiger partial charge is 0.317 e. The molecule has 0 atom stereocenters. The van der Waals surface area contributed by atoms with Crippen LogP contribution in [0.1, 0.15) is 12.0 Å². The molecule has 1 aliphatic rings. The predicted octanol–water partition coefficient (Wildman–Crippen LogP) is 0.483. The van der Waals surface area contributed by atoms with Gasteiger partial charge in [-0.25, -0.2) is 4.79 Å². The van der Waals surface area contributed by atoms with Gasteiger partial charge in [0.2, 0.25) is 5.91 Å². The van der Waals surface area contributed by atoms with Crippen molar-refractivity contribution in [2.24, 2.45) is 0 Å². The Morgan fingerprint density at radius 1 is 1.09 bits per heavy atom. The van der Waals surface area contributed by atoms with E-state index in [2.05, 4.69) is 10.6 Å². The highest BCUT2D eigenvalue weighted by molar-refractivity contribution is 5.76. The molecule has 0 spiro atoms. The zero-order valence-electron chi connectivity index (χ0n) is 13.1. The van der Waals surface area contributed by atoms with Gasteiger partial charge in [-0.15, -0.1) is 0 Å². The predicted molar refractivity (Wildman–Crippen MR) is 85.2 cm³/mol. The largest absolute Gasteiger partial charge is 0.508 e. The summed E-state index contributed by atoms with van der Waals surface area (Å²) in [6, 6.07) is 6.69. The average molecular weight is 321 g/mol. The van der Waals surface area contributed by atoms with Crippen molar-refractivity contribution in [3.63, 3.8) is 0 Å². The van der Waals surface area contributed by atoms with Gasteiger partial charge in [0.25, 0.3) is 0 Å². The van der Waals surface area contributed by atoms with Crippen molar-refractivity contribution in [1.82, 2.24) is 15.5 Å². The highest BCUT2D eigenvalue weighted by atomic mass is 16.5. The summed E-state index contributed by atoms with van der Waals surface area (Å²) in [5, 5.41) is 14.7. The number of morpholine rings is 1. The number of hydrogen-bond acceptors (Lipinski definition) is 4. The number of nitrogens with one attached hydrogen (secondary N) is 2. The average Bonchev–Trinajstić information content (AvgIpc) is 2.59. The highest BCUT2D eigenvalue weighted by Gasteiger charge is 2.15. The van der Waals surface area contributed by atoms with Crippen LogP contribution in [0.2, 0.25) is 0 Å². The van der Waals surface area contributed by atoms with Gasteiger partial charge in [-0.3, -0.25) is 4.79 Å². The van der Waals surface area contributed by atoms with E-state index in [0.717, 1.165) is 5.56 Å². The van der Waals surface area contributed by atoms with Crippen molar-refractivity contribution in [3.05, 3.63) is 29.8 Å². The Balaban J connectivity index is 1.55. The van der Waals surface area contributed by atoms with E-state index in [1.807, 2.05) is 0 Å². The topological polar surface area (TPSA) is 90.9 Å². The van der Waals surface area contributed by atoms with Gasteiger partial charge in [-0.2, -0.15) is 0 Å². The number of aromatic hydroxyl groups is 1. The number of nitrogens with zero attached hydrogens (tertiary/aromatic N) is 1.